The van der Waals surface area contributed by atoms with Crippen LogP contribution in [0.2, 0.25) is 0 Å². The van der Waals surface area contributed by atoms with E-state index in [4.69, 9.17) is 10.2 Å². The van der Waals surface area contributed by atoms with Gasteiger partial charge in [-0.05, 0) is 28.7 Å². The molecule has 1 aromatic heterocycles. The van der Waals surface area contributed by atoms with Crippen molar-refractivity contribution in [3.8, 4) is 5.75 Å². The van der Waals surface area contributed by atoms with Gasteiger partial charge in [0.1, 0.15) is 9.26 Å². The summed E-state index contributed by atoms with van der Waals surface area (Å²) in [4.78, 5) is 14.1. The van der Waals surface area contributed by atoms with Crippen LogP contribution in [0.5, 0.6) is 5.75 Å². The Morgan fingerprint density at radius 1 is 1.64 bits per heavy atom. The maximum absolute atomic E-state index is 10.4. The van der Waals surface area contributed by atoms with Crippen molar-refractivity contribution >= 4 is 28.6 Å². The van der Waals surface area contributed by atoms with E-state index in [-0.39, 0.29) is 11.3 Å². The Kier molecular flexibility index (Phi) is 2.28. The molecule has 0 aliphatic carbocycles. The molecule has 0 atom stereocenters. The number of hydrogen-bond acceptors (Lipinski definition) is 3. The summed E-state index contributed by atoms with van der Waals surface area (Å²) < 4.78 is 0.294. The number of halogens is 1. The van der Waals surface area contributed by atoms with Crippen molar-refractivity contribution in [2.45, 2.75) is 0 Å². The molecule has 0 fully saturated rings. The third-order valence-electron chi connectivity index (χ3n) is 1.11. The Balaban J connectivity index is 3.27. The van der Waals surface area contributed by atoms with Gasteiger partial charge >= 0.3 is 5.97 Å². The van der Waals surface area contributed by atoms with E-state index in [0.29, 0.717) is 3.70 Å². The number of carbonyl (C=O) groups is 1. The Labute approximate surface area is 76.0 Å². The third kappa shape index (κ3) is 1.59. The van der Waals surface area contributed by atoms with Crippen LogP contribution in [0.25, 0.3) is 0 Å². The van der Waals surface area contributed by atoms with Gasteiger partial charge in [0.05, 0.1) is 0 Å². The molecule has 0 saturated heterocycles. The zero-order valence-corrected chi connectivity index (χ0v) is 7.44. The molecule has 1 heterocycles. The highest BCUT2D eigenvalue weighted by Gasteiger charge is 2.11. The molecule has 0 aliphatic heterocycles. The molecule has 4 nitrogen and oxygen atoms in total. The molecule has 0 unspecified atom stereocenters. The van der Waals surface area contributed by atoms with E-state index in [9.17, 15) is 4.79 Å². The first-order chi connectivity index (χ1) is 5.13. The van der Waals surface area contributed by atoms with E-state index in [0.717, 1.165) is 0 Å². The van der Waals surface area contributed by atoms with Gasteiger partial charge in [-0.1, -0.05) is 0 Å². The molecule has 2 N–H and O–H groups in total. The predicted molar refractivity (Wildman–Crippen MR) is 45.6 cm³/mol. The van der Waals surface area contributed by atoms with E-state index < -0.39 is 5.97 Å². The fraction of sp³-hybridized carbons (Fsp3) is 0. The third-order valence-corrected chi connectivity index (χ3v) is 1.90. The van der Waals surface area contributed by atoms with E-state index in [2.05, 4.69) is 4.98 Å². The molecule has 1 aromatic rings. The number of hydrogen-bond donors (Lipinski definition) is 2. The SMILES string of the molecule is O=C(O)c1ccnc(I)c1O. The van der Waals surface area contributed by atoms with Crippen molar-refractivity contribution in [1.82, 2.24) is 4.98 Å². The number of nitrogens with zero attached hydrogens (tertiary/aromatic N) is 1. The van der Waals surface area contributed by atoms with Gasteiger partial charge < -0.3 is 10.2 Å². The Morgan fingerprint density at radius 3 is 2.73 bits per heavy atom. The number of pyridine rings is 1. The fourth-order valence-electron chi connectivity index (χ4n) is 0.601. The molecule has 0 bridgehead atoms. The molecule has 0 saturated carbocycles. The van der Waals surface area contributed by atoms with Gasteiger partial charge in [0.2, 0.25) is 0 Å². The van der Waals surface area contributed by atoms with Gasteiger partial charge in [0.25, 0.3) is 0 Å². The van der Waals surface area contributed by atoms with Crippen LogP contribution in [-0.2, 0) is 0 Å². The second-order valence-corrected chi connectivity index (χ2v) is 2.82. The molecule has 5 heteroatoms. The highest BCUT2D eigenvalue weighted by Crippen LogP contribution is 2.21. The molecule has 11 heavy (non-hydrogen) atoms. The quantitative estimate of drug-likeness (QED) is 0.589. The van der Waals surface area contributed by atoms with Gasteiger partial charge in [-0.3, -0.25) is 0 Å². The smallest absolute Gasteiger partial charge is 0.339 e. The summed E-state index contributed by atoms with van der Waals surface area (Å²) in [6.45, 7) is 0. The minimum atomic E-state index is -1.15. The van der Waals surface area contributed by atoms with E-state index in [1.165, 1.54) is 12.3 Å². The van der Waals surface area contributed by atoms with Crippen LogP contribution in [0.4, 0.5) is 0 Å². The number of rotatable bonds is 1. The summed E-state index contributed by atoms with van der Waals surface area (Å²) in [5, 5.41) is 17.6. The zero-order chi connectivity index (χ0) is 8.43. The number of aromatic hydroxyl groups is 1. The van der Waals surface area contributed by atoms with Gasteiger partial charge in [-0.2, -0.15) is 0 Å². The fourth-order valence-corrected chi connectivity index (χ4v) is 1.05. The summed E-state index contributed by atoms with van der Waals surface area (Å²) in [5.41, 5.74) is -0.121. The molecular formula is C6H4INO3. The first kappa shape index (κ1) is 8.25. The topological polar surface area (TPSA) is 70.4 Å². The monoisotopic (exact) mass is 265 g/mol. The lowest BCUT2D eigenvalue weighted by Gasteiger charge is -1.98. The number of carboxylic acids is 1. The van der Waals surface area contributed by atoms with Crippen LogP contribution in [0.15, 0.2) is 12.3 Å². The summed E-state index contributed by atoms with van der Waals surface area (Å²) in [6.07, 6.45) is 1.34. The van der Waals surface area contributed by atoms with Gasteiger partial charge in [-0.15, -0.1) is 0 Å². The first-order valence-corrected chi connectivity index (χ1v) is 3.77. The van der Waals surface area contributed by atoms with Crippen LogP contribution in [0.1, 0.15) is 10.4 Å². The maximum atomic E-state index is 10.4. The average molecular weight is 265 g/mol. The lowest BCUT2D eigenvalue weighted by Crippen LogP contribution is -1.98. The summed E-state index contributed by atoms with van der Waals surface area (Å²) in [5.74, 6) is -1.43. The van der Waals surface area contributed by atoms with Crippen molar-refractivity contribution in [3.05, 3.63) is 21.5 Å². The van der Waals surface area contributed by atoms with Crippen molar-refractivity contribution in [1.29, 1.82) is 0 Å². The molecule has 0 aromatic carbocycles. The molecule has 1 rings (SSSR count). The minimum absolute atomic E-state index is 0.121. The van der Waals surface area contributed by atoms with Crippen LogP contribution in [0, 0.1) is 3.70 Å². The number of carboxylic acid groups (broad SMARTS) is 1. The second-order valence-electron chi connectivity index (χ2n) is 1.80. The number of aromatic nitrogens is 1. The van der Waals surface area contributed by atoms with E-state index in [1.54, 1.807) is 22.6 Å². The Hall–Kier alpha value is -0.850. The van der Waals surface area contributed by atoms with Crippen molar-refractivity contribution in [3.63, 3.8) is 0 Å². The van der Waals surface area contributed by atoms with Gasteiger partial charge in [0, 0.05) is 6.20 Å². The highest BCUT2D eigenvalue weighted by atomic mass is 127. The zero-order valence-electron chi connectivity index (χ0n) is 5.28. The molecule has 0 amide bonds. The van der Waals surface area contributed by atoms with Crippen LogP contribution in [0.3, 0.4) is 0 Å². The van der Waals surface area contributed by atoms with Crippen LogP contribution < -0.4 is 0 Å². The van der Waals surface area contributed by atoms with E-state index >= 15 is 0 Å². The standard InChI is InChI=1S/C6H4INO3/c7-5-4(9)3(6(10)11)1-2-8-5/h1-2,9H,(H,10,11). The predicted octanol–water partition coefficient (Wildman–Crippen LogP) is 1.09. The minimum Gasteiger partial charge on any atom is -0.504 e. The maximum Gasteiger partial charge on any atom is 0.339 e. The van der Waals surface area contributed by atoms with Crippen LogP contribution in [-0.4, -0.2) is 21.2 Å². The van der Waals surface area contributed by atoms with Crippen molar-refractivity contribution in [2.75, 3.05) is 0 Å². The molecule has 0 radical (unpaired) electrons. The molecule has 0 aliphatic rings. The van der Waals surface area contributed by atoms with Gasteiger partial charge in [-0.25, -0.2) is 9.78 Å². The number of aromatic carboxylic acids is 1. The average Bonchev–Trinajstić information content (AvgIpc) is 1.94. The molecule has 0 spiro atoms. The largest absolute Gasteiger partial charge is 0.504 e. The Bertz CT molecular complexity index is 300. The molecule has 58 valence electrons. The molecular weight excluding hydrogens is 261 g/mol. The summed E-state index contributed by atoms with van der Waals surface area (Å²) >= 11 is 1.76. The normalized spacial score (nSPS) is 9.55. The Morgan fingerprint density at radius 2 is 2.27 bits per heavy atom. The second kappa shape index (κ2) is 3.04. The van der Waals surface area contributed by atoms with Crippen molar-refractivity contribution in [2.24, 2.45) is 0 Å². The summed E-state index contributed by atoms with van der Waals surface area (Å²) in [7, 11) is 0. The van der Waals surface area contributed by atoms with Crippen LogP contribution >= 0.6 is 22.6 Å². The van der Waals surface area contributed by atoms with Crippen molar-refractivity contribution < 1.29 is 15.0 Å². The lowest BCUT2D eigenvalue weighted by atomic mass is 10.2. The highest BCUT2D eigenvalue weighted by molar-refractivity contribution is 14.1. The van der Waals surface area contributed by atoms with Gasteiger partial charge in [0.15, 0.2) is 5.75 Å². The lowest BCUT2D eigenvalue weighted by molar-refractivity contribution is 0.0693. The van der Waals surface area contributed by atoms with E-state index in [1.807, 2.05) is 0 Å². The first-order valence-electron chi connectivity index (χ1n) is 2.69. The summed E-state index contributed by atoms with van der Waals surface area (Å²) in [6, 6.07) is 1.25.